The van der Waals surface area contributed by atoms with Crippen LogP contribution < -0.4 is 72.5 Å². The molecule has 27 nitrogen and oxygen atoms in total. The van der Waals surface area contributed by atoms with E-state index >= 15 is 0 Å². The van der Waals surface area contributed by atoms with Gasteiger partial charge in [-0.25, -0.2) is 4.98 Å². The van der Waals surface area contributed by atoms with E-state index in [0.717, 1.165) is 21.8 Å². The van der Waals surface area contributed by atoms with E-state index in [1.807, 2.05) is 48.5 Å². The molecule has 3 heterocycles. The number of H-pyrrole nitrogens is 2. The summed E-state index contributed by atoms with van der Waals surface area (Å²) < 4.78 is 1.30. The number of nitrogens with zero attached hydrogens (tertiary/aromatic N) is 6. The zero-order valence-corrected chi connectivity index (χ0v) is 39.6. The summed E-state index contributed by atoms with van der Waals surface area (Å²) in [7, 11) is 0. The number of fused-ring (bicyclic) bond motifs is 2. The number of aromatic nitrogens is 5. The third-order valence-electron chi connectivity index (χ3n) is 11.4. The first kappa shape index (κ1) is 54.2. The number of primary amides is 1. The largest absolute Gasteiger partial charge is 0.370 e. The number of hydrogen-bond acceptors (Lipinski definition) is 12. The molecular formula is C45H65N21O6. The molecule has 0 unspecified atom stereocenters. The van der Waals surface area contributed by atoms with Gasteiger partial charge < -0.3 is 82.4 Å². The van der Waals surface area contributed by atoms with Gasteiger partial charge in [0.25, 0.3) is 0 Å². The van der Waals surface area contributed by atoms with Gasteiger partial charge >= 0.3 is 0 Å². The number of guanidine groups is 3. The highest BCUT2D eigenvalue weighted by atomic mass is 16.2. The molecule has 27 heteroatoms. The number of aromatic amines is 2. The Labute approximate surface area is 413 Å². The number of carbonyl (C=O) groups is 6. The summed E-state index contributed by atoms with van der Waals surface area (Å²) in [6.07, 6.45) is 6.97. The summed E-state index contributed by atoms with van der Waals surface area (Å²) in [5.41, 5.74) is 47.5. The molecule has 0 fully saturated rings. The lowest BCUT2D eigenvalue weighted by atomic mass is 10.0. The van der Waals surface area contributed by atoms with Gasteiger partial charge in [-0.2, -0.15) is 5.10 Å². The Hall–Kier alpha value is -8.75. The maximum Gasteiger partial charge on any atom is 0.245 e. The van der Waals surface area contributed by atoms with Gasteiger partial charge in [0.05, 0.1) is 12.6 Å². The molecule has 72 heavy (non-hydrogen) atoms. The molecule has 6 atom stereocenters. The van der Waals surface area contributed by atoms with Crippen LogP contribution in [0.15, 0.2) is 88.6 Å². The zero-order chi connectivity index (χ0) is 52.2. The second-order valence-corrected chi connectivity index (χ2v) is 16.9. The molecule has 5 rings (SSSR count). The Kier molecular flexibility index (Phi) is 20.2. The number of nitrogens with one attached hydrogen (secondary N) is 7. The van der Waals surface area contributed by atoms with Gasteiger partial charge in [0.2, 0.25) is 35.4 Å². The van der Waals surface area contributed by atoms with Gasteiger partial charge in [-0.1, -0.05) is 36.4 Å². The average molecular weight is 996 g/mol. The van der Waals surface area contributed by atoms with Gasteiger partial charge in [-0.05, 0) is 61.8 Å². The summed E-state index contributed by atoms with van der Waals surface area (Å²) >= 11 is 0. The Bertz CT molecular complexity index is 2700. The Balaban J connectivity index is 1.45. The van der Waals surface area contributed by atoms with Crippen molar-refractivity contribution in [3.63, 3.8) is 0 Å². The predicted octanol–water partition coefficient (Wildman–Crippen LogP) is -3.88. The van der Waals surface area contributed by atoms with Crippen LogP contribution in [0.5, 0.6) is 0 Å². The van der Waals surface area contributed by atoms with E-state index in [-0.39, 0.29) is 89.0 Å². The molecule has 23 N–H and O–H groups in total. The molecule has 0 aliphatic rings. The lowest BCUT2D eigenvalue weighted by Gasteiger charge is -2.27. The molecular weight excluding hydrogens is 931 g/mol. The lowest BCUT2D eigenvalue weighted by molar-refractivity contribution is -0.135. The molecule has 5 aromatic rings. The second-order valence-electron chi connectivity index (χ2n) is 16.9. The second kappa shape index (κ2) is 26.9. The maximum atomic E-state index is 14.8. The van der Waals surface area contributed by atoms with Crippen molar-refractivity contribution < 1.29 is 28.8 Å². The maximum absolute atomic E-state index is 14.8. The topological polar surface area (TPSA) is 470 Å². The molecule has 6 amide bonds. The number of benzene rings is 2. The summed E-state index contributed by atoms with van der Waals surface area (Å²) in [4.78, 5) is 106. The van der Waals surface area contributed by atoms with Gasteiger partial charge in [0, 0.05) is 66.7 Å². The predicted molar refractivity (Wildman–Crippen MR) is 271 cm³/mol. The third-order valence-corrected chi connectivity index (χ3v) is 11.4. The van der Waals surface area contributed by atoms with Crippen LogP contribution in [0.4, 0.5) is 0 Å². The van der Waals surface area contributed by atoms with Crippen molar-refractivity contribution >= 4 is 75.1 Å². The van der Waals surface area contributed by atoms with Crippen molar-refractivity contribution in [2.45, 2.75) is 94.2 Å². The van der Waals surface area contributed by atoms with Crippen molar-refractivity contribution in [2.75, 3.05) is 19.6 Å². The van der Waals surface area contributed by atoms with Gasteiger partial charge in [-0.3, -0.25) is 48.4 Å². The molecule has 2 aromatic carbocycles. The van der Waals surface area contributed by atoms with Crippen LogP contribution in [0.3, 0.4) is 0 Å². The fourth-order valence-electron chi connectivity index (χ4n) is 7.75. The number of hydrogen-bond donors (Lipinski definition) is 15. The van der Waals surface area contributed by atoms with E-state index in [9.17, 15) is 28.8 Å². The monoisotopic (exact) mass is 996 g/mol. The number of amides is 6. The van der Waals surface area contributed by atoms with Crippen LogP contribution in [-0.2, 0) is 48.2 Å². The standard InChI is InChI=1S/C45H65N21O6/c46-29(10-5-15-55-43(48)49)38(68)62-33(14-7-17-57-45(52)53)39(69)63-35(19-26-21-59-31-12-4-2-9-28(26)31)41(71)65-36(22-66-24-54-23-60-66)42(72)64-34(18-25-20-58-30-11-3-1-8-27(25)30)40(70)61-32(37(47)67)13-6-16-56-44(50)51/h1-4,8-9,11-12,20-21,23-24,29,32-36,58-59H,5-7,10,13-19,22,46H2,(H2,47,67)(H,61,70)(H,62,68)(H,63,69)(H,64,72)(H,65,71)(H4,48,49,55)(H4,50,51,56)(H4,52,53,57)/t29-,32-,33-,34-,35-,36-/m0/s1. The van der Waals surface area contributed by atoms with E-state index in [0.29, 0.717) is 17.5 Å². The first-order valence-corrected chi connectivity index (χ1v) is 23.1. The fraction of sp³-hybridized carbons (Fsp3) is 0.400. The molecule has 0 spiro atoms. The minimum atomic E-state index is -1.46. The van der Waals surface area contributed by atoms with E-state index in [4.69, 9.17) is 45.9 Å². The summed E-state index contributed by atoms with van der Waals surface area (Å²) in [5, 5.41) is 19.4. The number of carbonyl (C=O) groups excluding carboxylic acids is 6. The number of nitrogens with two attached hydrogens (primary N) is 8. The van der Waals surface area contributed by atoms with Crippen molar-refractivity contribution in [3.8, 4) is 0 Å². The SMILES string of the molecule is NC(=O)[C@H](CCCN=C(N)N)NC(=O)[C@H](Cc1c[nH]c2ccccc12)NC(=O)[C@H](Cn1cncn1)NC(=O)[C@H](Cc1c[nH]c2ccccc12)NC(=O)[C@H](CCCN=C(N)N)NC(=O)[C@@H](N)CCCN=C(N)N. The highest BCUT2D eigenvalue weighted by Crippen LogP contribution is 2.21. The molecule has 3 aromatic heterocycles. The summed E-state index contributed by atoms with van der Waals surface area (Å²) in [5.74, 6) is -5.06. The minimum Gasteiger partial charge on any atom is -0.370 e. The van der Waals surface area contributed by atoms with E-state index in [1.54, 1.807) is 12.4 Å². The van der Waals surface area contributed by atoms with Crippen LogP contribution in [0.2, 0.25) is 0 Å². The lowest BCUT2D eigenvalue weighted by Crippen LogP contribution is -2.60. The highest BCUT2D eigenvalue weighted by molar-refractivity contribution is 5.97. The van der Waals surface area contributed by atoms with Crippen LogP contribution in [0.25, 0.3) is 21.8 Å². The zero-order valence-electron chi connectivity index (χ0n) is 39.6. The number of rotatable bonds is 29. The molecule has 0 aliphatic carbocycles. The van der Waals surface area contributed by atoms with Gasteiger partial charge in [0.15, 0.2) is 17.9 Å². The van der Waals surface area contributed by atoms with Crippen LogP contribution >= 0.6 is 0 Å². The van der Waals surface area contributed by atoms with Crippen LogP contribution in [0.1, 0.15) is 49.7 Å². The van der Waals surface area contributed by atoms with Crippen molar-refractivity contribution in [3.05, 3.63) is 84.7 Å². The highest BCUT2D eigenvalue weighted by Gasteiger charge is 2.34. The normalized spacial score (nSPS) is 13.6. The van der Waals surface area contributed by atoms with Crippen LogP contribution in [-0.4, -0.2) is 134 Å². The van der Waals surface area contributed by atoms with Crippen molar-refractivity contribution in [1.29, 1.82) is 0 Å². The first-order valence-electron chi connectivity index (χ1n) is 23.1. The molecule has 0 saturated heterocycles. The van der Waals surface area contributed by atoms with Crippen LogP contribution in [0, 0.1) is 0 Å². The van der Waals surface area contributed by atoms with Gasteiger partial charge in [0.1, 0.15) is 42.9 Å². The first-order chi connectivity index (χ1) is 34.5. The Morgan fingerprint density at radius 2 is 0.958 bits per heavy atom. The fourth-order valence-corrected chi connectivity index (χ4v) is 7.75. The molecule has 0 bridgehead atoms. The number of para-hydroxylation sites is 2. The molecule has 386 valence electrons. The average Bonchev–Trinajstić information content (AvgIpc) is 4.12. The quantitative estimate of drug-likeness (QED) is 0.0124. The Morgan fingerprint density at radius 3 is 1.43 bits per heavy atom. The summed E-state index contributed by atoms with van der Waals surface area (Å²) in [6, 6.07) is 7.04. The number of aliphatic imine (C=N–C) groups is 3. The van der Waals surface area contributed by atoms with E-state index in [2.05, 4.69) is 61.6 Å². The smallest absolute Gasteiger partial charge is 0.245 e. The third kappa shape index (κ3) is 16.7. The van der Waals surface area contributed by atoms with Gasteiger partial charge in [-0.15, -0.1) is 0 Å². The molecule has 0 radical (unpaired) electrons. The summed E-state index contributed by atoms with van der Waals surface area (Å²) in [6.45, 7) is 0.218. The molecule has 0 aliphatic heterocycles. The Morgan fingerprint density at radius 1 is 0.542 bits per heavy atom. The molecule has 0 saturated carbocycles. The van der Waals surface area contributed by atoms with Crippen molar-refractivity contribution in [1.82, 2.24) is 51.3 Å². The van der Waals surface area contributed by atoms with E-state index in [1.165, 1.54) is 17.3 Å². The van der Waals surface area contributed by atoms with E-state index < -0.39 is 71.7 Å². The minimum absolute atomic E-state index is 0.0284. The van der Waals surface area contributed by atoms with Crippen molar-refractivity contribution in [2.24, 2.45) is 60.8 Å².